The summed E-state index contributed by atoms with van der Waals surface area (Å²) in [5.41, 5.74) is 1.13. The quantitative estimate of drug-likeness (QED) is 0.255. The lowest BCUT2D eigenvalue weighted by molar-refractivity contribution is -0.616. The summed E-state index contributed by atoms with van der Waals surface area (Å²) >= 11 is 0. The molecule has 3 heterocycles. The van der Waals surface area contributed by atoms with E-state index in [1.165, 1.54) is 38.1 Å². The number of nitrogens with zero attached hydrogens (tertiary/aromatic N) is 5. The molecule has 0 aliphatic rings. The van der Waals surface area contributed by atoms with Crippen LogP contribution in [0.3, 0.4) is 0 Å². The predicted octanol–water partition coefficient (Wildman–Crippen LogP) is 3.12. The van der Waals surface area contributed by atoms with Crippen LogP contribution in [0.25, 0.3) is 17.3 Å². The summed E-state index contributed by atoms with van der Waals surface area (Å²) < 4.78 is 48.6. The van der Waals surface area contributed by atoms with Gasteiger partial charge in [0.05, 0.1) is 31.6 Å². The molecule has 0 saturated carbocycles. The molecule has 0 radical (unpaired) electrons. The van der Waals surface area contributed by atoms with E-state index in [1.54, 1.807) is 51.1 Å². The van der Waals surface area contributed by atoms with Crippen molar-refractivity contribution >= 4 is 16.0 Å². The molecular formula is C24H28N6O6S. The van der Waals surface area contributed by atoms with Crippen LogP contribution in [0.5, 0.6) is 11.5 Å². The third-order valence-corrected chi connectivity index (χ3v) is 7.96. The van der Waals surface area contributed by atoms with Crippen molar-refractivity contribution in [3.8, 4) is 28.8 Å². The lowest BCUT2D eigenvalue weighted by Gasteiger charge is -2.21. The number of para-hydroxylation sites is 1. The molecule has 0 saturated heterocycles. The maximum Gasteiger partial charge on any atom is 0.243 e. The zero-order valence-corrected chi connectivity index (χ0v) is 22.1. The molecule has 3 aromatic heterocycles. The first-order chi connectivity index (χ1) is 17.6. The van der Waals surface area contributed by atoms with E-state index >= 15 is 0 Å². The largest absolute Gasteiger partial charge is 0.618 e. The van der Waals surface area contributed by atoms with Crippen LogP contribution in [-0.2, 0) is 10.0 Å². The van der Waals surface area contributed by atoms with E-state index in [1.807, 2.05) is 0 Å². The number of furan rings is 1. The number of ether oxygens (including phenoxy) is 2. The first-order valence-corrected chi connectivity index (χ1v) is 12.9. The van der Waals surface area contributed by atoms with Crippen LogP contribution < -0.4 is 18.9 Å². The molecule has 0 aliphatic heterocycles. The van der Waals surface area contributed by atoms with E-state index < -0.39 is 21.2 Å². The third-order valence-electron chi connectivity index (χ3n) is 6.10. The zero-order chi connectivity index (χ0) is 26.9. The van der Waals surface area contributed by atoms with Crippen molar-refractivity contribution in [2.24, 2.45) is 0 Å². The molecule has 12 nitrogen and oxygen atoms in total. The highest BCUT2D eigenvalue weighted by Crippen LogP contribution is 2.38. The van der Waals surface area contributed by atoms with E-state index in [2.05, 4.69) is 19.9 Å². The average molecular weight is 529 g/mol. The second-order valence-corrected chi connectivity index (χ2v) is 10.6. The van der Waals surface area contributed by atoms with Gasteiger partial charge in [0.15, 0.2) is 5.76 Å². The van der Waals surface area contributed by atoms with Gasteiger partial charge in [-0.1, -0.05) is 13.0 Å². The van der Waals surface area contributed by atoms with Gasteiger partial charge in [0, 0.05) is 0 Å². The molecule has 0 bridgehead atoms. The van der Waals surface area contributed by atoms with Gasteiger partial charge in [0.2, 0.25) is 33.7 Å². The molecule has 0 aliphatic carbocycles. The van der Waals surface area contributed by atoms with Gasteiger partial charge in [-0.05, 0) is 45.0 Å². The van der Waals surface area contributed by atoms with Crippen LogP contribution in [0, 0.1) is 19.1 Å². The molecule has 1 N–H and O–H groups in total. The summed E-state index contributed by atoms with van der Waals surface area (Å²) in [5, 5.41) is 19.7. The molecule has 196 valence electrons. The highest BCUT2D eigenvalue weighted by molar-refractivity contribution is 7.93. The number of sulfonamides is 1. The van der Waals surface area contributed by atoms with Gasteiger partial charge < -0.3 is 19.1 Å². The summed E-state index contributed by atoms with van der Waals surface area (Å²) in [6.45, 7) is 6.62. The number of hydrogen-bond acceptors (Lipinski definition) is 9. The van der Waals surface area contributed by atoms with Crippen LogP contribution in [-0.4, -0.2) is 47.6 Å². The Balaban J connectivity index is 1.82. The van der Waals surface area contributed by atoms with E-state index in [9.17, 15) is 13.6 Å². The first kappa shape index (κ1) is 25.9. The molecular weight excluding hydrogens is 500 g/mol. The second kappa shape index (κ2) is 10.1. The Bertz CT molecular complexity index is 1510. The molecule has 0 amide bonds. The normalized spacial score (nSPS) is 13.2. The Hall–Kier alpha value is -4.13. The summed E-state index contributed by atoms with van der Waals surface area (Å²) in [7, 11) is -1.11. The molecule has 37 heavy (non-hydrogen) atoms. The van der Waals surface area contributed by atoms with Crippen molar-refractivity contribution in [3.05, 3.63) is 65.1 Å². The summed E-state index contributed by atoms with van der Waals surface area (Å²) in [6, 6.07) is 8.61. The van der Waals surface area contributed by atoms with E-state index in [-0.39, 0.29) is 17.5 Å². The molecule has 2 atom stereocenters. The number of aryl methyl sites for hydroxylation is 2. The Morgan fingerprint density at radius 3 is 2.32 bits per heavy atom. The van der Waals surface area contributed by atoms with Crippen molar-refractivity contribution in [1.29, 1.82) is 0 Å². The minimum Gasteiger partial charge on any atom is -0.618 e. The monoisotopic (exact) mass is 528 g/mol. The summed E-state index contributed by atoms with van der Waals surface area (Å²) in [6.07, 6.45) is 2.69. The molecule has 13 heteroatoms. The van der Waals surface area contributed by atoms with E-state index in [0.717, 1.165) is 0 Å². The fourth-order valence-electron chi connectivity index (χ4n) is 3.88. The highest BCUT2D eigenvalue weighted by Gasteiger charge is 2.34. The van der Waals surface area contributed by atoms with Gasteiger partial charge in [0.25, 0.3) is 0 Å². The maximum absolute atomic E-state index is 13.5. The van der Waals surface area contributed by atoms with Crippen LogP contribution in [0.2, 0.25) is 0 Å². The lowest BCUT2D eigenvalue weighted by atomic mass is 10.1. The van der Waals surface area contributed by atoms with Crippen molar-refractivity contribution in [2.45, 2.75) is 38.9 Å². The van der Waals surface area contributed by atoms with E-state index in [4.69, 9.17) is 13.9 Å². The van der Waals surface area contributed by atoms with Crippen LogP contribution >= 0.6 is 0 Å². The maximum atomic E-state index is 13.5. The van der Waals surface area contributed by atoms with Gasteiger partial charge in [-0.2, -0.15) is 4.73 Å². The van der Waals surface area contributed by atoms with Crippen molar-refractivity contribution in [3.63, 3.8) is 0 Å². The van der Waals surface area contributed by atoms with E-state index in [0.29, 0.717) is 39.1 Å². The molecule has 1 aromatic carbocycles. The third kappa shape index (κ3) is 4.94. The van der Waals surface area contributed by atoms with Crippen LogP contribution in [0.4, 0.5) is 5.95 Å². The van der Waals surface area contributed by atoms with Gasteiger partial charge in [-0.15, -0.1) is 10.2 Å². The molecule has 2 unspecified atom stereocenters. The Kier molecular flexibility index (Phi) is 7.07. The highest BCUT2D eigenvalue weighted by atomic mass is 32.2. The van der Waals surface area contributed by atoms with Crippen LogP contribution in [0.15, 0.2) is 47.1 Å². The smallest absolute Gasteiger partial charge is 0.243 e. The van der Waals surface area contributed by atoms with Crippen molar-refractivity contribution in [1.82, 2.24) is 19.7 Å². The predicted molar refractivity (Wildman–Crippen MR) is 135 cm³/mol. The topological polar surface area (TPSA) is 148 Å². The Morgan fingerprint density at radius 1 is 1.08 bits per heavy atom. The lowest BCUT2D eigenvalue weighted by Crippen LogP contribution is -2.39. The van der Waals surface area contributed by atoms with Crippen LogP contribution in [0.1, 0.15) is 36.9 Å². The fraction of sp³-hybridized carbons (Fsp3) is 0.333. The molecule has 0 fully saturated rings. The molecule has 4 aromatic rings. The first-order valence-electron chi connectivity index (χ1n) is 11.4. The number of anilines is 1. The Labute approximate surface area is 214 Å². The van der Waals surface area contributed by atoms with Gasteiger partial charge >= 0.3 is 0 Å². The SMILES string of the molecule is COc1cccc(OC)c1-n1c(NS(=O)(=O)C(C)C(C)c2cnc(C)c[n+]2[O-])nnc1-c1ccc(C)o1. The number of aromatic nitrogens is 5. The second-order valence-electron chi connectivity index (χ2n) is 8.52. The zero-order valence-electron chi connectivity index (χ0n) is 21.3. The fourth-order valence-corrected chi connectivity index (χ4v) is 5.13. The Morgan fingerprint density at radius 2 is 1.76 bits per heavy atom. The minimum atomic E-state index is -4.09. The summed E-state index contributed by atoms with van der Waals surface area (Å²) in [4.78, 5) is 4.14. The van der Waals surface area contributed by atoms with Gasteiger partial charge in [0.1, 0.15) is 28.6 Å². The number of methoxy groups -OCH3 is 2. The van der Waals surface area contributed by atoms with Crippen molar-refractivity contribution in [2.75, 3.05) is 18.9 Å². The minimum absolute atomic E-state index is 0.108. The van der Waals surface area contributed by atoms with Crippen molar-refractivity contribution < 1.29 is 27.0 Å². The number of nitrogens with one attached hydrogen (secondary N) is 1. The molecule has 4 rings (SSSR count). The standard InChI is InChI=1S/C24H28N6O6S/c1-14-13-29(31)18(12-25-14)16(3)17(4)37(32,33)28-24-27-26-23(21-11-10-15(2)36-21)30(24)22-19(34-5)8-7-9-20(22)35-6/h7-13,16-17H,1-6H3,(H,27,28). The van der Waals surface area contributed by atoms with Gasteiger partial charge in [-0.25, -0.2) is 13.4 Å². The number of rotatable bonds is 9. The van der Waals surface area contributed by atoms with Gasteiger partial charge in [-0.3, -0.25) is 9.29 Å². The molecule has 0 spiro atoms. The average Bonchev–Trinajstić information content (AvgIpc) is 3.47. The number of hydrogen-bond donors (Lipinski definition) is 1. The summed E-state index contributed by atoms with van der Waals surface area (Å²) in [5.74, 6) is 1.22. The number of benzene rings is 1.